The van der Waals surface area contributed by atoms with Crippen LogP contribution >= 0.6 is 40.9 Å². The van der Waals surface area contributed by atoms with Crippen LogP contribution in [0.15, 0.2) is 37.2 Å². The summed E-state index contributed by atoms with van der Waals surface area (Å²) in [5.74, 6) is 14.0. The zero-order chi connectivity index (χ0) is 48.5. The fraction of sp³-hybridized carbons (Fsp3) is 0.667. The summed E-state index contributed by atoms with van der Waals surface area (Å²) in [5.41, 5.74) is 2.58. The van der Waals surface area contributed by atoms with Gasteiger partial charge in [0, 0.05) is 0 Å². The fourth-order valence-electron chi connectivity index (χ4n) is 10.1. The molecule has 0 N–H and O–H groups in total. The summed E-state index contributed by atoms with van der Waals surface area (Å²) < 4.78 is 0. The van der Waals surface area contributed by atoms with Crippen molar-refractivity contribution in [1.29, 1.82) is 0 Å². The Balaban J connectivity index is -0.000000852. The van der Waals surface area contributed by atoms with E-state index in [0.717, 1.165) is 125 Å². The van der Waals surface area contributed by atoms with Gasteiger partial charge in [-0.25, -0.2) is 0 Å². The van der Waals surface area contributed by atoms with Crippen LogP contribution in [0.25, 0.3) is 0 Å². The van der Waals surface area contributed by atoms with Crippen molar-refractivity contribution >= 4 is 57.9 Å². The predicted molar refractivity (Wildman–Crippen MR) is 291 cm³/mol. The van der Waals surface area contributed by atoms with E-state index in [1.54, 1.807) is 0 Å². The van der Waals surface area contributed by atoms with E-state index in [2.05, 4.69) is 286 Å². The average Bonchev–Trinajstić information content (AvgIpc) is 4.19. The molecule has 1 aromatic rings. The van der Waals surface area contributed by atoms with E-state index in [-0.39, 0.29) is 22.3 Å². The number of anilines is 3. The Morgan fingerprint density at radius 2 is 0.470 bits per heavy atom. The van der Waals surface area contributed by atoms with Crippen molar-refractivity contribution in [3.05, 3.63) is 97.7 Å². The summed E-state index contributed by atoms with van der Waals surface area (Å²) in [6, 6.07) is 10.4. The van der Waals surface area contributed by atoms with Crippen LogP contribution in [0.5, 0.6) is 0 Å². The maximum absolute atomic E-state index is 3.45. The standard InChI is InChI=1S/C21H24N6.3C10H20.3CH3.3BrH.3Ru/c1-4-22-7-10-25(16-22)19-13-20(26-11-8-23(5-2)17-26)15-21(14-19)27-12-9-24(6-3)18-27;3*1-6-7(2)9(4)10(5)8(6)3;;;;;;;;;/h7-12,16-18H,4-6H2,1-3H3;3*6-10H,1-5H3;3*1H3;3*1H;;;/q-6;;;;3*-1;;;;3*+4/p-3. The van der Waals surface area contributed by atoms with Crippen LogP contribution in [0.4, 0.5) is 17.1 Å². The Kier molecular flexibility index (Phi) is 38.2. The summed E-state index contributed by atoms with van der Waals surface area (Å²) in [5, 5.41) is 0. The minimum atomic E-state index is 0. The number of halogens is 3. The third kappa shape index (κ3) is 18.9. The first-order valence-electron chi connectivity index (χ1n) is 23.4. The van der Waals surface area contributed by atoms with Crippen LogP contribution < -0.4 is 14.7 Å². The van der Waals surface area contributed by atoms with Gasteiger partial charge in [0.05, 0.1) is 0 Å². The Morgan fingerprint density at radius 3 is 0.576 bits per heavy atom. The molecule has 3 saturated carbocycles. The number of nitrogens with zero attached hydrogens (tertiary/aromatic N) is 6. The smallest absolute Gasteiger partial charge is 0.358 e. The minimum Gasteiger partial charge on any atom is -0.358 e. The van der Waals surface area contributed by atoms with E-state index < -0.39 is 0 Å². The number of hydrogen-bond acceptors (Lipinski definition) is 6. The quantitative estimate of drug-likeness (QED) is 0.207. The van der Waals surface area contributed by atoms with Crippen LogP contribution in [0.2, 0.25) is 0 Å². The van der Waals surface area contributed by atoms with Gasteiger partial charge in [0.25, 0.3) is 0 Å². The van der Waals surface area contributed by atoms with Crippen molar-refractivity contribution in [3.8, 4) is 0 Å². The van der Waals surface area contributed by atoms with E-state index in [4.69, 9.17) is 0 Å². The molecule has 6 aliphatic rings. The van der Waals surface area contributed by atoms with Gasteiger partial charge in [0.2, 0.25) is 0 Å². The normalized spacial score (nSPS) is 33.1. The SMILES string of the molecule is CC1C(C)C(C)C(C)C1C.CC1C(C)C(C)C(C)C1C.CC1C(C)C(C)C(C)C1C.CCN1C=CN(c2[c-]c(N3C=CN(CC)[CH-]3)[c-]c(N3C=CN(CC)[CH-]3)[c-]2)[CH-]1.[Br][Ru+3].[Br][Ru+3].[Br][Ru+3].[CH3-].[CH3-].[CH3-]. The van der Waals surface area contributed by atoms with E-state index in [9.17, 15) is 0 Å². The number of rotatable bonds is 6. The Bertz CT molecular complexity index is 1190. The second-order valence-corrected chi connectivity index (χ2v) is 19.3. The topological polar surface area (TPSA) is 19.4 Å². The van der Waals surface area contributed by atoms with Crippen LogP contribution in [-0.2, 0) is 49.0 Å². The van der Waals surface area contributed by atoms with Gasteiger partial charge < -0.3 is 86.9 Å². The molecule has 7 rings (SSSR count). The van der Waals surface area contributed by atoms with Crippen LogP contribution in [-0.4, -0.2) is 34.3 Å². The molecule has 0 radical (unpaired) electrons. The molecule has 6 nitrogen and oxygen atoms in total. The predicted octanol–water partition coefficient (Wildman–Crippen LogP) is 16.7. The molecule has 0 saturated heterocycles. The monoisotopic (exact) mass is 1370 g/mol. The first-order valence-corrected chi connectivity index (χ1v) is 35.3. The van der Waals surface area contributed by atoms with Crippen molar-refractivity contribution in [3.63, 3.8) is 0 Å². The van der Waals surface area contributed by atoms with Gasteiger partial charge in [-0.3, -0.25) is 0 Å². The van der Waals surface area contributed by atoms with Gasteiger partial charge >= 0.3 is 89.9 Å². The first kappa shape index (κ1) is 70.8. The van der Waals surface area contributed by atoms with Crippen molar-refractivity contribution in [2.45, 2.75) is 125 Å². The number of benzene rings is 1. The average molecular weight is 1370 g/mol. The molecule has 3 aliphatic heterocycles. The first-order chi connectivity index (χ1) is 29.9. The molecule has 0 spiro atoms. The maximum atomic E-state index is 3.45. The van der Waals surface area contributed by atoms with Gasteiger partial charge in [-0.15, -0.1) is 0 Å². The van der Waals surface area contributed by atoms with Gasteiger partial charge in [-0.05, 0) is 146 Å². The minimum absolute atomic E-state index is 0. The molecule has 3 heterocycles. The van der Waals surface area contributed by atoms with E-state index in [1.807, 2.05) is 33.3 Å². The van der Waals surface area contributed by atoms with Crippen molar-refractivity contribution < 1.29 is 49.0 Å². The Hall–Kier alpha value is 0.550. The third-order valence-corrected chi connectivity index (χ3v) is 17.1. The van der Waals surface area contributed by atoms with E-state index in [0.29, 0.717) is 0 Å². The van der Waals surface area contributed by atoms with Crippen molar-refractivity contribution in [2.75, 3.05) is 34.3 Å². The molecule has 0 atom stereocenters. The second kappa shape index (κ2) is 35.6. The molecular formula is C54H93Br3N6Ru3. The molecule has 0 unspecified atom stereocenters. The maximum Gasteiger partial charge on any atom is -0.358 e. The molecule has 0 bridgehead atoms. The van der Waals surface area contributed by atoms with Gasteiger partial charge in [0.1, 0.15) is 0 Å². The second-order valence-electron chi connectivity index (χ2n) is 19.3. The zero-order valence-electron chi connectivity index (χ0n) is 44.9. The third-order valence-electron chi connectivity index (χ3n) is 17.1. The number of hydrogen-bond donors (Lipinski definition) is 0. The van der Waals surface area contributed by atoms with E-state index >= 15 is 0 Å². The van der Waals surface area contributed by atoms with Gasteiger partial charge in [-0.2, -0.15) is 20.0 Å². The molecule has 3 fully saturated rings. The Morgan fingerprint density at radius 1 is 0.333 bits per heavy atom. The zero-order valence-corrected chi connectivity index (χ0v) is 54.8. The van der Waals surface area contributed by atoms with Crippen LogP contribution in [0, 0.1) is 149 Å². The molecular weight excluding hydrogens is 1280 g/mol. The largest absolute Gasteiger partial charge is 0.358 e. The molecule has 0 aromatic heterocycles. The molecule has 66 heavy (non-hydrogen) atoms. The molecule has 1 aromatic carbocycles. The van der Waals surface area contributed by atoms with Gasteiger partial charge in [-0.1, -0.05) is 125 Å². The summed E-state index contributed by atoms with van der Waals surface area (Å²) in [7, 11) is 0. The molecule has 12 heteroatoms. The van der Waals surface area contributed by atoms with Crippen molar-refractivity contribution in [2.24, 2.45) is 88.8 Å². The summed E-state index contributed by atoms with van der Waals surface area (Å²) in [4.78, 5) is 12.5. The molecule has 384 valence electrons. The van der Waals surface area contributed by atoms with Crippen LogP contribution in [0.1, 0.15) is 125 Å². The summed E-state index contributed by atoms with van der Waals surface area (Å²) >= 11 is 15.1. The van der Waals surface area contributed by atoms with Gasteiger partial charge in [0.15, 0.2) is 0 Å². The fourth-order valence-corrected chi connectivity index (χ4v) is 10.1. The van der Waals surface area contributed by atoms with Crippen LogP contribution in [0.3, 0.4) is 0 Å². The molecule has 3 aliphatic carbocycles. The summed E-state index contributed by atoms with van der Waals surface area (Å²) in [6.07, 6.45) is 12.3. The van der Waals surface area contributed by atoms with Crippen molar-refractivity contribution in [1.82, 2.24) is 14.7 Å². The Labute approximate surface area is 462 Å². The van der Waals surface area contributed by atoms with E-state index in [1.165, 1.54) is 0 Å². The summed E-state index contributed by atoms with van der Waals surface area (Å²) in [6.45, 7) is 51.3. The molecule has 0 amide bonds.